The fourth-order valence-corrected chi connectivity index (χ4v) is 0.724. The van der Waals surface area contributed by atoms with Crippen molar-refractivity contribution in [1.29, 1.82) is 0 Å². The van der Waals surface area contributed by atoms with Gasteiger partial charge in [0.15, 0.2) is 0 Å². The first-order valence-electron chi connectivity index (χ1n) is 3.61. The molecule has 2 N–H and O–H groups in total. The van der Waals surface area contributed by atoms with Gasteiger partial charge in [-0.05, 0) is 0 Å². The smallest absolute Gasteiger partial charge is 0.314 e. The zero-order valence-corrected chi connectivity index (χ0v) is 6.82. The maximum Gasteiger partial charge on any atom is 0.314 e. The molecule has 0 aliphatic carbocycles. The molecule has 0 fully saturated rings. The molecule has 0 aromatic carbocycles. The number of hydrogen-bond acceptors (Lipinski definition) is 3. The van der Waals surface area contributed by atoms with Crippen molar-refractivity contribution in [3.63, 3.8) is 0 Å². The SMILES string of the molecule is CNC(=O)NCCn1cnnc1. The standard InChI is InChI=1S/C6H11N5O/c1-7-6(12)8-2-3-11-4-9-10-5-11/h4-5H,2-3H2,1H3,(H2,7,8,12). The minimum atomic E-state index is -0.178. The lowest BCUT2D eigenvalue weighted by Gasteiger charge is -2.03. The first-order valence-corrected chi connectivity index (χ1v) is 3.61. The molecule has 6 nitrogen and oxygen atoms in total. The molecule has 0 spiro atoms. The van der Waals surface area contributed by atoms with Crippen LogP contribution in [0.5, 0.6) is 0 Å². The lowest BCUT2D eigenvalue weighted by molar-refractivity contribution is 0.242. The Labute approximate surface area is 70.0 Å². The second-order valence-corrected chi connectivity index (χ2v) is 2.21. The van der Waals surface area contributed by atoms with Crippen molar-refractivity contribution in [2.75, 3.05) is 13.6 Å². The number of nitrogens with zero attached hydrogens (tertiary/aromatic N) is 3. The van der Waals surface area contributed by atoms with Gasteiger partial charge in [0.05, 0.1) is 0 Å². The van der Waals surface area contributed by atoms with Gasteiger partial charge >= 0.3 is 6.03 Å². The molecule has 6 heteroatoms. The third-order valence-corrected chi connectivity index (χ3v) is 1.35. The molecule has 12 heavy (non-hydrogen) atoms. The number of nitrogens with one attached hydrogen (secondary N) is 2. The van der Waals surface area contributed by atoms with Crippen LogP contribution in [0.1, 0.15) is 0 Å². The molecule has 0 aliphatic heterocycles. The van der Waals surface area contributed by atoms with Crippen molar-refractivity contribution in [1.82, 2.24) is 25.4 Å². The number of rotatable bonds is 3. The molecule has 0 unspecified atom stereocenters. The summed E-state index contributed by atoms with van der Waals surface area (Å²) in [4.78, 5) is 10.7. The zero-order chi connectivity index (χ0) is 8.81. The third-order valence-electron chi connectivity index (χ3n) is 1.35. The highest BCUT2D eigenvalue weighted by Crippen LogP contribution is 1.79. The van der Waals surface area contributed by atoms with Crippen molar-refractivity contribution in [2.24, 2.45) is 0 Å². The van der Waals surface area contributed by atoms with Crippen molar-refractivity contribution < 1.29 is 4.79 Å². The number of amides is 2. The van der Waals surface area contributed by atoms with Crippen LogP contribution in [-0.4, -0.2) is 34.4 Å². The van der Waals surface area contributed by atoms with Crippen LogP contribution < -0.4 is 10.6 Å². The topological polar surface area (TPSA) is 71.8 Å². The molecule has 0 radical (unpaired) electrons. The predicted molar refractivity (Wildman–Crippen MR) is 42.5 cm³/mol. The number of carbonyl (C=O) groups is 1. The Kier molecular flexibility index (Phi) is 3.06. The summed E-state index contributed by atoms with van der Waals surface area (Å²) in [5, 5.41) is 12.3. The van der Waals surface area contributed by atoms with E-state index in [0.29, 0.717) is 13.1 Å². The minimum absolute atomic E-state index is 0.178. The number of carbonyl (C=O) groups excluding carboxylic acids is 1. The molecule has 1 aromatic rings. The van der Waals surface area contributed by atoms with Gasteiger partial charge in [0.25, 0.3) is 0 Å². The summed E-state index contributed by atoms with van der Waals surface area (Å²) in [6.45, 7) is 1.25. The summed E-state index contributed by atoms with van der Waals surface area (Å²) in [6.07, 6.45) is 3.21. The second kappa shape index (κ2) is 4.32. The van der Waals surface area contributed by atoms with Crippen LogP contribution in [0.4, 0.5) is 4.79 Å². The highest BCUT2D eigenvalue weighted by molar-refractivity contribution is 5.73. The zero-order valence-electron chi connectivity index (χ0n) is 6.82. The fraction of sp³-hybridized carbons (Fsp3) is 0.500. The van der Waals surface area contributed by atoms with Crippen LogP contribution in [0.3, 0.4) is 0 Å². The maximum absolute atomic E-state index is 10.7. The van der Waals surface area contributed by atoms with Gasteiger partial charge < -0.3 is 15.2 Å². The molecule has 1 heterocycles. The molecule has 0 aliphatic rings. The quantitative estimate of drug-likeness (QED) is 0.622. The summed E-state index contributed by atoms with van der Waals surface area (Å²) < 4.78 is 1.79. The highest BCUT2D eigenvalue weighted by Gasteiger charge is 1.94. The Balaban J connectivity index is 2.15. The van der Waals surface area contributed by atoms with Crippen molar-refractivity contribution >= 4 is 6.03 Å². The van der Waals surface area contributed by atoms with Gasteiger partial charge in [0.1, 0.15) is 12.7 Å². The Morgan fingerprint density at radius 1 is 1.50 bits per heavy atom. The number of hydrogen-bond donors (Lipinski definition) is 2. The summed E-state index contributed by atoms with van der Waals surface area (Å²) in [5.41, 5.74) is 0. The van der Waals surface area contributed by atoms with E-state index in [9.17, 15) is 4.79 Å². The van der Waals surface area contributed by atoms with E-state index in [2.05, 4.69) is 20.8 Å². The minimum Gasteiger partial charge on any atom is -0.341 e. The molecule has 1 rings (SSSR count). The number of aromatic nitrogens is 3. The average molecular weight is 169 g/mol. The van der Waals surface area contributed by atoms with Gasteiger partial charge in [0, 0.05) is 20.1 Å². The molecule has 0 saturated heterocycles. The van der Waals surface area contributed by atoms with Gasteiger partial charge in [-0.2, -0.15) is 0 Å². The van der Waals surface area contributed by atoms with Crippen LogP contribution in [0.15, 0.2) is 12.7 Å². The monoisotopic (exact) mass is 169 g/mol. The van der Waals surface area contributed by atoms with Crippen LogP contribution >= 0.6 is 0 Å². The summed E-state index contributed by atoms with van der Waals surface area (Å²) >= 11 is 0. The van der Waals surface area contributed by atoms with Crippen LogP contribution in [0.25, 0.3) is 0 Å². The molecule has 2 amide bonds. The van der Waals surface area contributed by atoms with E-state index >= 15 is 0 Å². The van der Waals surface area contributed by atoms with E-state index in [-0.39, 0.29) is 6.03 Å². The van der Waals surface area contributed by atoms with Crippen molar-refractivity contribution in [3.05, 3.63) is 12.7 Å². The summed E-state index contributed by atoms with van der Waals surface area (Å²) in [5.74, 6) is 0. The molecular weight excluding hydrogens is 158 g/mol. The van der Waals surface area contributed by atoms with E-state index in [0.717, 1.165) is 0 Å². The fourth-order valence-electron chi connectivity index (χ4n) is 0.724. The predicted octanol–water partition coefficient (Wildman–Crippen LogP) is -0.793. The molecule has 0 atom stereocenters. The van der Waals surface area contributed by atoms with Gasteiger partial charge in [-0.1, -0.05) is 0 Å². The van der Waals surface area contributed by atoms with Gasteiger partial charge in [-0.15, -0.1) is 10.2 Å². The highest BCUT2D eigenvalue weighted by atomic mass is 16.2. The van der Waals surface area contributed by atoms with E-state index in [1.165, 1.54) is 0 Å². The Morgan fingerprint density at radius 2 is 2.17 bits per heavy atom. The lowest BCUT2D eigenvalue weighted by Crippen LogP contribution is -2.34. The number of urea groups is 1. The van der Waals surface area contributed by atoms with Gasteiger partial charge in [-0.3, -0.25) is 0 Å². The molecule has 0 saturated carbocycles. The maximum atomic E-state index is 10.7. The van der Waals surface area contributed by atoms with E-state index < -0.39 is 0 Å². The molecule has 1 aromatic heterocycles. The van der Waals surface area contributed by atoms with Gasteiger partial charge in [-0.25, -0.2) is 4.79 Å². The third kappa shape index (κ3) is 2.57. The van der Waals surface area contributed by atoms with Crippen LogP contribution in [0.2, 0.25) is 0 Å². The Hall–Kier alpha value is -1.59. The Morgan fingerprint density at radius 3 is 2.75 bits per heavy atom. The summed E-state index contributed by atoms with van der Waals surface area (Å²) in [7, 11) is 1.58. The van der Waals surface area contributed by atoms with Crippen molar-refractivity contribution in [3.8, 4) is 0 Å². The first kappa shape index (κ1) is 8.51. The Bertz CT molecular complexity index is 232. The molecule has 0 bridgehead atoms. The first-order chi connectivity index (χ1) is 5.83. The second-order valence-electron chi connectivity index (χ2n) is 2.21. The van der Waals surface area contributed by atoms with E-state index in [1.54, 1.807) is 24.3 Å². The van der Waals surface area contributed by atoms with Gasteiger partial charge in [0.2, 0.25) is 0 Å². The van der Waals surface area contributed by atoms with Crippen LogP contribution in [-0.2, 0) is 6.54 Å². The molecule has 66 valence electrons. The molecular formula is C6H11N5O. The average Bonchev–Trinajstić information content (AvgIpc) is 2.57. The van der Waals surface area contributed by atoms with E-state index in [1.807, 2.05) is 0 Å². The lowest BCUT2D eigenvalue weighted by atomic mass is 10.6. The van der Waals surface area contributed by atoms with Crippen LogP contribution in [0, 0.1) is 0 Å². The largest absolute Gasteiger partial charge is 0.341 e. The summed E-state index contributed by atoms with van der Waals surface area (Å²) in [6, 6.07) is -0.178. The van der Waals surface area contributed by atoms with Crippen molar-refractivity contribution in [2.45, 2.75) is 6.54 Å². The van der Waals surface area contributed by atoms with E-state index in [4.69, 9.17) is 0 Å². The normalized spacial score (nSPS) is 9.42.